The van der Waals surface area contributed by atoms with Crippen molar-refractivity contribution in [2.45, 2.75) is 25.5 Å². The Balaban J connectivity index is 2.20. The van der Waals surface area contributed by atoms with Crippen LogP contribution in [-0.4, -0.2) is 33.8 Å². The molecule has 6 nitrogen and oxygen atoms in total. The van der Waals surface area contributed by atoms with Gasteiger partial charge in [-0.25, -0.2) is 0 Å². The van der Waals surface area contributed by atoms with E-state index >= 15 is 0 Å². The van der Waals surface area contributed by atoms with Crippen LogP contribution in [0.1, 0.15) is 18.1 Å². The summed E-state index contributed by atoms with van der Waals surface area (Å²) < 4.78 is 13.0. The molecule has 1 amide bonds. The Kier molecular flexibility index (Phi) is 7.34. The highest BCUT2D eigenvalue weighted by Crippen LogP contribution is 2.48. The van der Waals surface area contributed by atoms with Crippen LogP contribution in [0.5, 0.6) is 0 Å². The zero-order valence-electron chi connectivity index (χ0n) is 15.1. The Bertz CT molecular complexity index is 810. The molecule has 0 spiro atoms. The zero-order valence-corrected chi connectivity index (χ0v) is 16.0. The van der Waals surface area contributed by atoms with Gasteiger partial charge in [0.2, 0.25) is 13.3 Å². The van der Waals surface area contributed by atoms with E-state index in [9.17, 15) is 24.2 Å². The van der Waals surface area contributed by atoms with E-state index < -0.39 is 37.1 Å². The lowest BCUT2D eigenvalue weighted by molar-refractivity contribution is -0.141. The zero-order chi connectivity index (χ0) is 19.9. The third-order valence-corrected chi connectivity index (χ3v) is 6.53. The van der Waals surface area contributed by atoms with Crippen LogP contribution < -0.4 is 5.32 Å². The molecule has 0 aliphatic carbocycles. The van der Waals surface area contributed by atoms with Crippen molar-refractivity contribution in [3.05, 3.63) is 71.8 Å². The molecule has 0 radical (unpaired) electrons. The molecule has 0 aromatic heterocycles. The van der Waals surface area contributed by atoms with Crippen molar-refractivity contribution < 1.29 is 24.2 Å². The van der Waals surface area contributed by atoms with Gasteiger partial charge in [-0.3, -0.25) is 14.2 Å². The van der Waals surface area contributed by atoms with Crippen LogP contribution in [0.15, 0.2) is 60.7 Å². The lowest BCUT2D eigenvalue weighted by Gasteiger charge is -2.26. The fraction of sp³-hybridized carbons (Fsp3) is 0.300. The summed E-state index contributed by atoms with van der Waals surface area (Å²) in [5.41, 5.74) is 1.57. The highest BCUT2D eigenvalue weighted by atomic mass is 31.2. The van der Waals surface area contributed by atoms with Crippen LogP contribution in [-0.2, 0) is 27.0 Å². The first-order valence-electron chi connectivity index (χ1n) is 8.67. The molecule has 0 aliphatic rings. The SMILES string of the molecule is CC(=O)NC(Cc1ccccc1)P(=O)(O)C[C@H](Cc1ccccc1)C(=O)O. The lowest BCUT2D eigenvalue weighted by atomic mass is 10.0. The van der Waals surface area contributed by atoms with E-state index in [0.717, 1.165) is 11.1 Å². The number of rotatable bonds is 9. The standard InChI is InChI=1S/C20H24NO5P/c1-15(22)21-19(13-17-10-6-3-7-11-17)27(25,26)14-18(20(23)24)12-16-8-4-2-5-9-16/h2-11,18-19H,12-14H2,1H3,(H,21,22)(H,23,24)(H,25,26)/t18-,19?/m0/s1. The maximum absolute atomic E-state index is 13.0. The van der Waals surface area contributed by atoms with Crippen molar-refractivity contribution in [1.29, 1.82) is 0 Å². The average Bonchev–Trinajstić information content (AvgIpc) is 2.62. The molecule has 0 aliphatic heterocycles. The van der Waals surface area contributed by atoms with Crippen molar-refractivity contribution in [2.24, 2.45) is 5.92 Å². The first-order chi connectivity index (χ1) is 12.8. The summed E-state index contributed by atoms with van der Waals surface area (Å²) in [4.78, 5) is 33.9. The molecule has 0 saturated carbocycles. The molecule has 2 aromatic carbocycles. The highest BCUT2D eigenvalue weighted by molar-refractivity contribution is 7.58. The molecule has 0 bridgehead atoms. The van der Waals surface area contributed by atoms with Crippen molar-refractivity contribution in [3.8, 4) is 0 Å². The summed E-state index contributed by atoms with van der Waals surface area (Å²) in [7, 11) is -3.98. The van der Waals surface area contributed by atoms with E-state index in [1.165, 1.54) is 6.92 Å². The largest absolute Gasteiger partial charge is 0.481 e. The minimum atomic E-state index is -3.98. The highest BCUT2D eigenvalue weighted by Gasteiger charge is 2.36. The summed E-state index contributed by atoms with van der Waals surface area (Å²) in [6.07, 6.45) is -0.0975. The maximum atomic E-state index is 13.0. The van der Waals surface area contributed by atoms with Gasteiger partial charge in [0.1, 0.15) is 5.78 Å². The molecule has 0 heterocycles. The van der Waals surface area contributed by atoms with Gasteiger partial charge in [0.15, 0.2) is 0 Å². The average molecular weight is 389 g/mol. The second-order valence-electron chi connectivity index (χ2n) is 6.57. The second-order valence-corrected chi connectivity index (χ2v) is 9.07. The Morgan fingerprint density at radius 1 is 0.963 bits per heavy atom. The minimum Gasteiger partial charge on any atom is -0.481 e. The van der Waals surface area contributed by atoms with Crippen LogP contribution >= 0.6 is 7.37 Å². The van der Waals surface area contributed by atoms with E-state index in [2.05, 4.69) is 5.32 Å². The van der Waals surface area contributed by atoms with Gasteiger partial charge >= 0.3 is 5.97 Å². The molecule has 27 heavy (non-hydrogen) atoms. The monoisotopic (exact) mass is 389 g/mol. The molecular formula is C20H24NO5P. The number of amides is 1. The van der Waals surface area contributed by atoms with Gasteiger partial charge in [0.25, 0.3) is 0 Å². The first kappa shape index (κ1) is 20.9. The van der Waals surface area contributed by atoms with E-state index in [1.54, 1.807) is 48.5 Å². The Morgan fingerprint density at radius 3 is 1.89 bits per heavy atom. The van der Waals surface area contributed by atoms with Crippen molar-refractivity contribution in [3.63, 3.8) is 0 Å². The Morgan fingerprint density at radius 2 is 1.44 bits per heavy atom. The number of hydrogen-bond acceptors (Lipinski definition) is 3. The summed E-state index contributed by atoms with van der Waals surface area (Å²) in [5.74, 6) is -3.61. The minimum absolute atomic E-state index is 0.152. The molecule has 3 atom stereocenters. The van der Waals surface area contributed by atoms with E-state index in [-0.39, 0.29) is 12.8 Å². The quantitative estimate of drug-likeness (QED) is 0.572. The number of carbonyl (C=O) groups excluding carboxylic acids is 1. The lowest BCUT2D eigenvalue weighted by Crippen LogP contribution is -2.37. The van der Waals surface area contributed by atoms with E-state index in [1.807, 2.05) is 12.1 Å². The maximum Gasteiger partial charge on any atom is 0.307 e. The molecule has 2 rings (SSSR count). The number of nitrogens with one attached hydrogen (secondary N) is 1. The third-order valence-electron chi connectivity index (χ3n) is 4.28. The van der Waals surface area contributed by atoms with Gasteiger partial charge in [-0.05, 0) is 17.5 Å². The van der Waals surface area contributed by atoms with Gasteiger partial charge in [-0.1, -0.05) is 60.7 Å². The van der Waals surface area contributed by atoms with Gasteiger partial charge in [-0.2, -0.15) is 0 Å². The van der Waals surface area contributed by atoms with Gasteiger partial charge in [0, 0.05) is 19.5 Å². The first-order valence-corrected chi connectivity index (χ1v) is 10.6. The van der Waals surface area contributed by atoms with Crippen molar-refractivity contribution >= 4 is 19.2 Å². The van der Waals surface area contributed by atoms with Crippen LogP contribution in [0.4, 0.5) is 0 Å². The van der Waals surface area contributed by atoms with Crippen LogP contribution in [0.3, 0.4) is 0 Å². The van der Waals surface area contributed by atoms with Gasteiger partial charge < -0.3 is 15.3 Å². The van der Waals surface area contributed by atoms with Crippen LogP contribution in [0.2, 0.25) is 0 Å². The molecule has 2 aromatic rings. The van der Waals surface area contributed by atoms with Crippen LogP contribution in [0.25, 0.3) is 0 Å². The molecule has 0 saturated heterocycles. The topological polar surface area (TPSA) is 104 Å². The summed E-state index contributed by atoms with van der Waals surface area (Å²) in [6.45, 7) is 1.27. The fourth-order valence-corrected chi connectivity index (χ4v) is 4.99. The van der Waals surface area contributed by atoms with Gasteiger partial charge in [-0.15, -0.1) is 0 Å². The predicted octanol–water partition coefficient (Wildman–Crippen LogP) is 2.91. The molecule has 144 valence electrons. The van der Waals surface area contributed by atoms with Crippen molar-refractivity contribution in [1.82, 2.24) is 5.32 Å². The fourth-order valence-electron chi connectivity index (χ4n) is 2.94. The third kappa shape index (κ3) is 6.66. The van der Waals surface area contributed by atoms with Crippen LogP contribution in [0, 0.1) is 5.92 Å². The summed E-state index contributed by atoms with van der Waals surface area (Å²) >= 11 is 0. The number of carboxylic acid groups (broad SMARTS) is 1. The molecule has 7 heteroatoms. The van der Waals surface area contributed by atoms with Crippen molar-refractivity contribution in [2.75, 3.05) is 6.16 Å². The molecule has 3 N–H and O–H groups in total. The number of benzene rings is 2. The number of carboxylic acids is 1. The second kappa shape index (κ2) is 9.49. The normalized spacial score (nSPS) is 15.3. The molecule has 2 unspecified atom stereocenters. The van der Waals surface area contributed by atoms with E-state index in [0.29, 0.717) is 0 Å². The number of hydrogen-bond donors (Lipinski definition) is 3. The summed E-state index contributed by atoms with van der Waals surface area (Å²) in [5, 5.41) is 12.1. The molecular weight excluding hydrogens is 365 g/mol. The summed E-state index contributed by atoms with van der Waals surface area (Å²) in [6, 6.07) is 18.0. The Hall–Kier alpha value is -2.43. The molecule has 0 fully saturated rings. The Labute approximate surface area is 158 Å². The van der Waals surface area contributed by atoms with Gasteiger partial charge in [0.05, 0.1) is 5.92 Å². The number of carbonyl (C=O) groups is 2. The van der Waals surface area contributed by atoms with E-state index in [4.69, 9.17) is 0 Å². The smallest absolute Gasteiger partial charge is 0.307 e. The number of aliphatic carboxylic acids is 1. The predicted molar refractivity (Wildman–Crippen MR) is 104 cm³/mol.